The molecule has 0 aliphatic rings. The van der Waals surface area contributed by atoms with Crippen LogP contribution in [-0.2, 0) is 4.79 Å². The monoisotopic (exact) mass is 142 g/mol. The van der Waals surface area contributed by atoms with E-state index in [1.165, 1.54) is 6.08 Å². The molecule has 3 nitrogen and oxygen atoms in total. The normalized spacial score (nSPS) is 10.6. The van der Waals surface area contributed by atoms with Gasteiger partial charge in [0.1, 0.15) is 11.6 Å². The lowest BCUT2D eigenvalue weighted by Crippen LogP contribution is -2.12. The van der Waals surface area contributed by atoms with Crippen LogP contribution in [0.25, 0.3) is 0 Å². The molecule has 0 aliphatic heterocycles. The molecule has 0 saturated carbocycles. The summed E-state index contributed by atoms with van der Waals surface area (Å²) in [6, 6.07) is 1.56. The molecule has 4 heteroatoms. The van der Waals surface area contributed by atoms with Crippen LogP contribution in [-0.4, -0.2) is 12.6 Å². The Balaban J connectivity index is 4.09. The minimum absolute atomic E-state index is 0.0613. The van der Waals surface area contributed by atoms with Crippen molar-refractivity contribution in [1.29, 1.82) is 5.26 Å². The van der Waals surface area contributed by atoms with Gasteiger partial charge in [0.2, 0.25) is 0 Å². The first kappa shape index (κ1) is 8.63. The van der Waals surface area contributed by atoms with E-state index in [4.69, 9.17) is 11.0 Å². The number of carbonyl (C=O) groups is 1. The minimum atomic E-state index is -0.809. The lowest BCUT2D eigenvalue weighted by Gasteiger charge is -1.87. The van der Waals surface area contributed by atoms with Gasteiger partial charge in [0.05, 0.1) is 6.67 Å². The summed E-state index contributed by atoms with van der Waals surface area (Å²) in [5.74, 6) is -0.809. The highest BCUT2D eigenvalue weighted by Gasteiger charge is 2.00. The van der Waals surface area contributed by atoms with E-state index in [1.807, 2.05) is 0 Å². The Hall–Kier alpha value is -1.37. The molecular formula is C6H7FN2O. The molecule has 0 aromatic heterocycles. The van der Waals surface area contributed by atoms with Crippen LogP contribution in [0.1, 0.15) is 6.42 Å². The second-order valence-corrected chi connectivity index (χ2v) is 1.57. The first-order valence-corrected chi connectivity index (χ1v) is 2.68. The van der Waals surface area contributed by atoms with Crippen molar-refractivity contribution >= 4 is 5.91 Å². The molecule has 0 aromatic rings. The molecule has 0 saturated heterocycles. The first-order valence-electron chi connectivity index (χ1n) is 2.68. The molecule has 0 bridgehead atoms. The summed E-state index contributed by atoms with van der Waals surface area (Å²) in [5, 5.41) is 8.18. The van der Waals surface area contributed by atoms with Crippen LogP contribution >= 0.6 is 0 Å². The van der Waals surface area contributed by atoms with Crippen molar-refractivity contribution < 1.29 is 9.18 Å². The Bertz CT molecular complexity index is 192. The van der Waals surface area contributed by atoms with Crippen LogP contribution in [0.2, 0.25) is 0 Å². The van der Waals surface area contributed by atoms with E-state index in [-0.39, 0.29) is 12.0 Å². The van der Waals surface area contributed by atoms with Gasteiger partial charge in [-0.05, 0) is 6.42 Å². The maximum absolute atomic E-state index is 11.4. The average molecular weight is 142 g/mol. The molecular weight excluding hydrogens is 135 g/mol. The number of nitrogens with zero attached hydrogens (tertiary/aromatic N) is 1. The molecule has 0 spiro atoms. The first-order chi connectivity index (χ1) is 4.72. The fraction of sp³-hybridized carbons (Fsp3) is 0.333. The van der Waals surface area contributed by atoms with E-state index < -0.39 is 12.6 Å². The summed E-state index contributed by atoms with van der Waals surface area (Å²) >= 11 is 0. The third-order valence-corrected chi connectivity index (χ3v) is 0.843. The predicted octanol–water partition coefficient (Wildman–Crippen LogP) is 0.281. The zero-order valence-corrected chi connectivity index (χ0v) is 5.30. The molecule has 0 atom stereocenters. The lowest BCUT2D eigenvalue weighted by molar-refractivity contribution is -0.114. The maximum Gasteiger partial charge on any atom is 0.259 e. The Morgan fingerprint density at radius 1 is 1.80 bits per heavy atom. The number of hydrogen-bond acceptors (Lipinski definition) is 2. The number of nitriles is 1. The van der Waals surface area contributed by atoms with Crippen LogP contribution in [0.3, 0.4) is 0 Å². The van der Waals surface area contributed by atoms with E-state index in [0.29, 0.717) is 0 Å². The largest absolute Gasteiger partial charge is 0.365 e. The van der Waals surface area contributed by atoms with E-state index >= 15 is 0 Å². The Kier molecular flexibility index (Phi) is 3.89. The predicted molar refractivity (Wildman–Crippen MR) is 33.5 cm³/mol. The third-order valence-electron chi connectivity index (χ3n) is 0.843. The number of rotatable bonds is 3. The van der Waals surface area contributed by atoms with Gasteiger partial charge in [-0.1, -0.05) is 6.08 Å². The highest BCUT2D eigenvalue weighted by atomic mass is 19.1. The van der Waals surface area contributed by atoms with Crippen molar-refractivity contribution in [2.75, 3.05) is 6.67 Å². The Morgan fingerprint density at radius 3 is 2.70 bits per heavy atom. The van der Waals surface area contributed by atoms with Gasteiger partial charge in [-0.15, -0.1) is 0 Å². The highest BCUT2D eigenvalue weighted by molar-refractivity contribution is 5.95. The van der Waals surface area contributed by atoms with Crippen LogP contribution < -0.4 is 5.73 Å². The summed E-state index contributed by atoms with van der Waals surface area (Å²) in [5.41, 5.74) is 4.55. The summed E-state index contributed by atoms with van der Waals surface area (Å²) in [7, 11) is 0. The van der Waals surface area contributed by atoms with Crippen LogP contribution in [0.5, 0.6) is 0 Å². The number of primary amides is 1. The quantitative estimate of drug-likeness (QED) is 0.454. The van der Waals surface area contributed by atoms with Gasteiger partial charge in [-0.3, -0.25) is 9.18 Å². The van der Waals surface area contributed by atoms with Crippen LogP contribution in [0.4, 0.5) is 4.39 Å². The summed E-state index contributed by atoms with van der Waals surface area (Å²) in [4.78, 5) is 10.2. The van der Waals surface area contributed by atoms with Gasteiger partial charge < -0.3 is 5.73 Å². The topological polar surface area (TPSA) is 66.9 Å². The highest BCUT2D eigenvalue weighted by Crippen LogP contribution is 1.93. The summed E-state index contributed by atoms with van der Waals surface area (Å²) in [6.07, 6.45) is 1.24. The maximum atomic E-state index is 11.4. The second kappa shape index (κ2) is 4.50. The second-order valence-electron chi connectivity index (χ2n) is 1.57. The molecule has 54 valence electrons. The molecule has 1 amide bonds. The van der Waals surface area contributed by atoms with E-state index in [1.54, 1.807) is 6.07 Å². The zero-order chi connectivity index (χ0) is 7.98. The van der Waals surface area contributed by atoms with Crippen LogP contribution in [0, 0.1) is 11.3 Å². The van der Waals surface area contributed by atoms with E-state index in [2.05, 4.69) is 0 Å². The zero-order valence-electron chi connectivity index (χ0n) is 5.30. The fourth-order valence-electron chi connectivity index (χ4n) is 0.400. The number of halogens is 1. The average Bonchev–Trinajstić information content (AvgIpc) is 1.89. The number of hydrogen-bond donors (Lipinski definition) is 1. The molecule has 10 heavy (non-hydrogen) atoms. The molecule has 0 aromatic carbocycles. The number of amides is 1. The van der Waals surface area contributed by atoms with Gasteiger partial charge >= 0.3 is 0 Å². The van der Waals surface area contributed by atoms with Crippen molar-refractivity contribution in [3.8, 4) is 6.07 Å². The van der Waals surface area contributed by atoms with Crippen molar-refractivity contribution in [1.82, 2.24) is 0 Å². The molecule has 2 N–H and O–H groups in total. The molecule has 0 rings (SSSR count). The van der Waals surface area contributed by atoms with Crippen molar-refractivity contribution in [3.05, 3.63) is 11.6 Å². The van der Waals surface area contributed by atoms with Gasteiger partial charge in [0.15, 0.2) is 0 Å². The van der Waals surface area contributed by atoms with Crippen molar-refractivity contribution in [3.63, 3.8) is 0 Å². The van der Waals surface area contributed by atoms with Crippen LogP contribution in [0.15, 0.2) is 11.6 Å². The van der Waals surface area contributed by atoms with Gasteiger partial charge in [-0.2, -0.15) is 5.26 Å². The van der Waals surface area contributed by atoms with E-state index in [0.717, 1.165) is 0 Å². The fourth-order valence-corrected chi connectivity index (χ4v) is 0.400. The smallest absolute Gasteiger partial charge is 0.259 e. The Morgan fingerprint density at radius 2 is 2.40 bits per heavy atom. The number of allylic oxidation sites excluding steroid dienone is 1. The summed E-state index contributed by atoms with van der Waals surface area (Å²) < 4.78 is 11.4. The standard InChI is InChI=1S/C6H7FN2O/c7-3-1-2-5(4-8)6(9)10/h2H,1,3H2,(H2,9,10)/b5-2+. The molecule has 0 heterocycles. The van der Waals surface area contributed by atoms with Gasteiger partial charge in [-0.25, -0.2) is 0 Å². The molecule has 0 radical (unpaired) electrons. The summed E-state index contributed by atoms with van der Waals surface area (Å²) in [6.45, 7) is -0.585. The number of nitrogens with two attached hydrogens (primary N) is 1. The minimum Gasteiger partial charge on any atom is -0.365 e. The number of carbonyl (C=O) groups excluding carboxylic acids is 1. The van der Waals surface area contributed by atoms with Gasteiger partial charge in [0, 0.05) is 0 Å². The van der Waals surface area contributed by atoms with Crippen molar-refractivity contribution in [2.45, 2.75) is 6.42 Å². The Labute approximate surface area is 57.9 Å². The van der Waals surface area contributed by atoms with Gasteiger partial charge in [0.25, 0.3) is 5.91 Å². The lowest BCUT2D eigenvalue weighted by atomic mass is 10.2. The number of alkyl halides is 1. The molecule has 0 fully saturated rings. The SMILES string of the molecule is N#C/C(=C\CCF)C(N)=O. The third kappa shape index (κ3) is 2.82. The molecule has 0 unspecified atom stereocenters. The molecule has 0 aliphatic carbocycles. The van der Waals surface area contributed by atoms with E-state index in [9.17, 15) is 9.18 Å². The van der Waals surface area contributed by atoms with Crippen molar-refractivity contribution in [2.24, 2.45) is 5.73 Å².